The lowest BCUT2D eigenvalue weighted by molar-refractivity contribution is -0.158. The van der Waals surface area contributed by atoms with E-state index in [-0.39, 0.29) is 17.9 Å². The standard InChI is InChI=1S/C12H21N3O2/c1-12(2)11(17)14(3)7-8-15(12)10(16)9-5-4-6-13-9/h9,13H,4-8H2,1-3H3/t9-/m0/s1. The van der Waals surface area contributed by atoms with E-state index in [2.05, 4.69) is 5.32 Å². The number of hydrogen-bond donors (Lipinski definition) is 1. The maximum atomic E-state index is 12.4. The number of nitrogens with one attached hydrogen (secondary N) is 1. The second-order valence-electron chi connectivity index (χ2n) is 5.42. The van der Waals surface area contributed by atoms with Crippen LogP contribution in [-0.4, -0.2) is 59.9 Å². The Balaban J connectivity index is 2.14. The topological polar surface area (TPSA) is 52.6 Å². The van der Waals surface area contributed by atoms with E-state index in [1.807, 2.05) is 13.8 Å². The van der Waals surface area contributed by atoms with Crippen molar-refractivity contribution in [3.8, 4) is 0 Å². The van der Waals surface area contributed by atoms with Gasteiger partial charge in [0.1, 0.15) is 5.54 Å². The number of rotatable bonds is 1. The molecule has 0 aromatic carbocycles. The van der Waals surface area contributed by atoms with Gasteiger partial charge in [-0.2, -0.15) is 0 Å². The molecule has 5 heteroatoms. The predicted molar refractivity (Wildman–Crippen MR) is 64.5 cm³/mol. The van der Waals surface area contributed by atoms with Crippen LogP contribution in [0.25, 0.3) is 0 Å². The van der Waals surface area contributed by atoms with Crippen LogP contribution in [0.15, 0.2) is 0 Å². The van der Waals surface area contributed by atoms with Gasteiger partial charge < -0.3 is 15.1 Å². The van der Waals surface area contributed by atoms with Crippen molar-refractivity contribution in [3.63, 3.8) is 0 Å². The minimum Gasteiger partial charge on any atom is -0.342 e. The van der Waals surface area contributed by atoms with Gasteiger partial charge in [-0.05, 0) is 33.2 Å². The molecule has 2 aliphatic heterocycles. The molecular formula is C12H21N3O2. The average molecular weight is 239 g/mol. The van der Waals surface area contributed by atoms with Crippen LogP contribution in [0.2, 0.25) is 0 Å². The quantitative estimate of drug-likeness (QED) is 0.690. The second kappa shape index (κ2) is 4.29. The highest BCUT2D eigenvalue weighted by Crippen LogP contribution is 2.23. The van der Waals surface area contributed by atoms with Crippen LogP contribution in [0.5, 0.6) is 0 Å². The minimum atomic E-state index is -0.714. The lowest BCUT2D eigenvalue weighted by atomic mass is 9.96. The molecular weight excluding hydrogens is 218 g/mol. The molecule has 0 saturated carbocycles. The zero-order chi connectivity index (χ0) is 12.6. The molecule has 0 unspecified atom stereocenters. The molecule has 0 bridgehead atoms. The summed E-state index contributed by atoms with van der Waals surface area (Å²) in [6.07, 6.45) is 1.92. The molecule has 2 saturated heterocycles. The van der Waals surface area contributed by atoms with Crippen molar-refractivity contribution in [2.24, 2.45) is 0 Å². The normalized spacial score (nSPS) is 28.6. The lowest BCUT2D eigenvalue weighted by Crippen LogP contribution is -2.65. The Morgan fingerprint density at radius 3 is 2.71 bits per heavy atom. The van der Waals surface area contributed by atoms with Crippen LogP contribution in [0.4, 0.5) is 0 Å². The molecule has 17 heavy (non-hydrogen) atoms. The van der Waals surface area contributed by atoms with Crippen molar-refractivity contribution < 1.29 is 9.59 Å². The molecule has 2 aliphatic rings. The fourth-order valence-electron chi connectivity index (χ4n) is 2.68. The number of carbonyl (C=O) groups is 2. The Kier molecular flexibility index (Phi) is 3.12. The highest BCUT2D eigenvalue weighted by atomic mass is 16.2. The number of nitrogens with zero attached hydrogens (tertiary/aromatic N) is 2. The third-order valence-corrected chi connectivity index (χ3v) is 3.83. The maximum absolute atomic E-state index is 12.4. The van der Waals surface area contributed by atoms with Gasteiger partial charge in [0.2, 0.25) is 11.8 Å². The summed E-state index contributed by atoms with van der Waals surface area (Å²) in [4.78, 5) is 27.9. The maximum Gasteiger partial charge on any atom is 0.247 e. The third-order valence-electron chi connectivity index (χ3n) is 3.83. The van der Waals surface area contributed by atoms with Crippen molar-refractivity contribution in [3.05, 3.63) is 0 Å². The van der Waals surface area contributed by atoms with Crippen molar-refractivity contribution >= 4 is 11.8 Å². The fourth-order valence-corrected chi connectivity index (χ4v) is 2.68. The summed E-state index contributed by atoms with van der Waals surface area (Å²) in [6, 6.07) is -0.0921. The Labute approximate surface area is 102 Å². The first kappa shape index (κ1) is 12.4. The van der Waals surface area contributed by atoms with Crippen molar-refractivity contribution in [2.75, 3.05) is 26.7 Å². The van der Waals surface area contributed by atoms with E-state index >= 15 is 0 Å². The van der Waals surface area contributed by atoms with Crippen molar-refractivity contribution in [1.82, 2.24) is 15.1 Å². The molecule has 5 nitrogen and oxygen atoms in total. The molecule has 2 rings (SSSR count). The largest absolute Gasteiger partial charge is 0.342 e. The SMILES string of the molecule is CN1CCN(C(=O)[C@@H]2CCCN2)C(C)(C)C1=O. The van der Waals surface area contributed by atoms with E-state index in [4.69, 9.17) is 0 Å². The van der Waals surface area contributed by atoms with Crippen molar-refractivity contribution in [2.45, 2.75) is 38.3 Å². The van der Waals surface area contributed by atoms with Crippen LogP contribution < -0.4 is 5.32 Å². The van der Waals surface area contributed by atoms with Gasteiger partial charge >= 0.3 is 0 Å². The Morgan fingerprint density at radius 1 is 1.41 bits per heavy atom. The highest BCUT2D eigenvalue weighted by Gasteiger charge is 2.44. The van der Waals surface area contributed by atoms with Crippen LogP contribution in [0, 0.1) is 0 Å². The molecule has 2 fully saturated rings. The van der Waals surface area contributed by atoms with Gasteiger partial charge in [0, 0.05) is 20.1 Å². The van der Waals surface area contributed by atoms with E-state index in [1.165, 1.54) is 0 Å². The van der Waals surface area contributed by atoms with Crippen LogP contribution in [-0.2, 0) is 9.59 Å². The summed E-state index contributed by atoms with van der Waals surface area (Å²) in [7, 11) is 1.79. The summed E-state index contributed by atoms with van der Waals surface area (Å²) >= 11 is 0. The van der Waals surface area contributed by atoms with E-state index in [0.717, 1.165) is 19.4 Å². The Morgan fingerprint density at radius 2 is 2.12 bits per heavy atom. The first-order valence-electron chi connectivity index (χ1n) is 6.25. The Hall–Kier alpha value is -1.10. The van der Waals surface area contributed by atoms with Gasteiger partial charge in [-0.25, -0.2) is 0 Å². The first-order chi connectivity index (χ1) is 7.94. The molecule has 2 amide bonds. The lowest BCUT2D eigenvalue weighted by Gasteiger charge is -2.45. The zero-order valence-electron chi connectivity index (χ0n) is 10.8. The fraction of sp³-hybridized carbons (Fsp3) is 0.833. The average Bonchev–Trinajstić information content (AvgIpc) is 2.79. The number of likely N-dealkylation sites (N-methyl/N-ethyl adjacent to an activating group) is 1. The summed E-state index contributed by atoms with van der Waals surface area (Å²) in [5.41, 5.74) is -0.714. The third kappa shape index (κ3) is 2.04. The second-order valence-corrected chi connectivity index (χ2v) is 5.42. The van der Waals surface area contributed by atoms with Crippen LogP contribution >= 0.6 is 0 Å². The van der Waals surface area contributed by atoms with Crippen molar-refractivity contribution in [1.29, 1.82) is 0 Å². The van der Waals surface area contributed by atoms with E-state index in [0.29, 0.717) is 13.1 Å². The first-order valence-corrected chi connectivity index (χ1v) is 6.25. The van der Waals surface area contributed by atoms with Gasteiger partial charge in [-0.3, -0.25) is 9.59 Å². The molecule has 0 spiro atoms. The van der Waals surface area contributed by atoms with Gasteiger partial charge in [0.25, 0.3) is 0 Å². The molecule has 1 N–H and O–H groups in total. The highest BCUT2D eigenvalue weighted by molar-refractivity contribution is 5.93. The molecule has 0 aromatic rings. The number of amides is 2. The molecule has 2 heterocycles. The molecule has 96 valence electrons. The molecule has 0 radical (unpaired) electrons. The van der Waals surface area contributed by atoms with E-state index < -0.39 is 5.54 Å². The van der Waals surface area contributed by atoms with Crippen LogP contribution in [0.1, 0.15) is 26.7 Å². The smallest absolute Gasteiger partial charge is 0.247 e. The Bertz CT molecular complexity index is 335. The number of piperazine rings is 1. The summed E-state index contributed by atoms with van der Waals surface area (Å²) in [5, 5.41) is 3.20. The molecule has 0 aliphatic carbocycles. The molecule has 1 atom stereocenters. The molecule has 0 aromatic heterocycles. The van der Waals surface area contributed by atoms with E-state index in [1.54, 1.807) is 16.8 Å². The minimum absolute atomic E-state index is 0.0232. The number of carbonyl (C=O) groups excluding carboxylic acids is 2. The summed E-state index contributed by atoms with van der Waals surface area (Å²) < 4.78 is 0. The van der Waals surface area contributed by atoms with E-state index in [9.17, 15) is 9.59 Å². The van der Waals surface area contributed by atoms with Gasteiger partial charge in [-0.1, -0.05) is 0 Å². The number of hydrogen-bond acceptors (Lipinski definition) is 3. The van der Waals surface area contributed by atoms with Gasteiger partial charge in [0.15, 0.2) is 0 Å². The van der Waals surface area contributed by atoms with Gasteiger partial charge in [-0.15, -0.1) is 0 Å². The van der Waals surface area contributed by atoms with Crippen LogP contribution in [0.3, 0.4) is 0 Å². The summed E-state index contributed by atoms with van der Waals surface area (Å²) in [6.45, 7) is 5.82. The summed E-state index contributed by atoms with van der Waals surface area (Å²) in [5.74, 6) is 0.101. The monoisotopic (exact) mass is 239 g/mol. The van der Waals surface area contributed by atoms with Gasteiger partial charge in [0.05, 0.1) is 6.04 Å². The predicted octanol–water partition coefficient (Wildman–Crippen LogP) is -0.182. The zero-order valence-corrected chi connectivity index (χ0v) is 10.8.